The molecule has 0 radical (unpaired) electrons. The van der Waals surface area contributed by atoms with Crippen molar-refractivity contribution in [2.45, 2.75) is 38.5 Å². The van der Waals surface area contributed by atoms with Gasteiger partial charge in [0.2, 0.25) is 11.8 Å². The van der Waals surface area contributed by atoms with E-state index in [2.05, 4.69) is 10.2 Å². The first-order chi connectivity index (χ1) is 10.2. The van der Waals surface area contributed by atoms with Crippen LogP contribution in [0.5, 0.6) is 0 Å². The molecule has 110 valence electrons. The highest BCUT2D eigenvalue weighted by atomic mass is 16.4. The fourth-order valence-electron chi connectivity index (χ4n) is 2.88. The van der Waals surface area contributed by atoms with Gasteiger partial charge in [0.15, 0.2) is 0 Å². The molecule has 0 spiro atoms. The van der Waals surface area contributed by atoms with Gasteiger partial charge in [-0.3, -0.25) is 0 Å². The molecule has 1 fully saturated rings. The zero-order chi connectivity index (χ0) is 14.7. The molecule has 1 heterocycles. The summed E-state index contributed by atoms with van der Waals surface area (Å²) in [6.45, 7) is 0. The van der Waals surface area contributed by atoms with E-state index in [1.54, 1.807) is 24.3 Å². The normalized spacial score (nSPS) is 16.0. The minimum Gasteiger partial charge on any atom is -0.478 e. The second-order valence-electron chi connectivity index (χ2n) is 5.60. The van der Waals surface area contributed by atoms with Gasteiger partial charge in [-0.15, -0.1) is 10.2 Å². The van der Waals surface area contributed by atoms with Crippen LogP contribution in [0, 0.1) is 5.92 Å². The van der Waals surface area contributed by atoms with Crippen molar-refractivity contribution >= 4 is 5.97 Å². The first-order valence-electron chi connectivity index (χ1n) is 7.38. The molecule has 2 aromatic rings. The maximum Gasteiger partial charge on any atom is 0.335 e. The van der Waals surface area contributed by atoms with Gasteiger partial charge in [0.25, 0.3) is 0 Å². The molecule has 0 aliphatic heterocycles. The van der Waals surface area contributed by atoms with Crippen LogP contribution in [0.3, 0.4) is 0 Å². The van der Waals surface area contributed by atoms with E-state index in [0.29, 0.717) is 23.3 Å². The fourth-order valence-corrected chi connectivity index (χ4v) is 2.88. The molecule has 3 rings (SSSR count). The summed E-state index contributed by atoms with van der Waals surface area (Å²) in [5.74, 6) is 0.720. The number of hydrogen-bond donors (Lipinski definition) is 1. The number of carboxylic acid groups (broad SMARTS) is 1. The summed E-state index contributed by atoms with van der Waals surface area (Å²) in [5, 5.41) is 17.2. The highest BCUT2D eigenvalue weighted by Gasteiger charge is 2.18. The monoisotopic (exact) mass is 286 g/mol. The van der Waals surface area contributed by atoms with Gasteiger partial charge in [-0.25, -0.2) is 4.79 Å². The number of aromatic carboxylic acids is 1. The molecule has 0 atom stereocenters. The zero-order valence-electron chi connectivity index (χ0n) is 11.8. The number of carboxylic acids is 1. The third-order valence-corrected chi connectivity index (χ3v) is 4.01. The Hall–Kier alpha value is -2.17. The average molecular weight is 286 g/mol. The molecular weight excluding hydrogens is 268 g/mol. The minimum absolute atomic E-state index is 0.222. The van der Waals surface area contributed by atoms with Gasteiger partial charge in [0, 0.05) is 12.0 Å². The van der Waals surface area contributed by atoms with Crippen LogP contribution in [0.1, 0.15) is 48.4 Å². The van der Waals surface area contributed by atoms with Gasteiger partial charge < -0.3 is 9.52 Å². The molecule has 5 heteroatoms. The first kappa shape index (κ1) is 13.8. The van der Waals surface area contributed by atoms with Gasteiger partial charge in [0.05, 0.1) is 5.56 Å². The first-order valence-corrected chi connectivity index (χ1v) is 7.38. The van der Waals surface area contributed by atoms with Crippen molar-refractivity contribution in [1.82, 2.24) is 10.2 Å². The van der Waals surface area contributed by atoms with Crippen LogP contribution in [0.15, 0.2) is 28.7 Å². The summed E-state index contributed by atoms with van der Waals surface area (Å²) in [6, 6.07) is 6.57. The van der Waals surface area contributed by atoms with E-state index in [1.165, 1.54) is 32.1 Å². The minimum atomic E-state index is -0.959. The maximum absolute atomic E-state index is 11.0. The van der Waals surface area contributed by atoms with E-state index in [1.807, 2.05) is 0 Å². The molecule has 1 aromatic carbocycles. The molecular formula is C16H18N2O3. The summed E-state index contributed by atoms with van der Waals surface area (Å²) >= 11 is 0. The summed E-state index contributed by atoms with van der Waals surface area (Å²) < 4.78 is 5.69. The van der Waals surface area contributed by atoms with E-state index in [0.717, 1.165) is 6.42 Å². The Balaban J connectivity index is 1.75. The van der Waals surface area contributed by atoms with E-state index < -0.39 is 5.97 Å². The Morgan fingerprint density at radius 1 is 1.24 bits per heavy atom. The molecule has 1 aromatic heterocycles. The lowest BCUT2D eigenvalue weighted by molar-refractivity contribution is 0.0697. The van der Waals surface area contributed by atoms with E-state index in [-0.39, 0.29) is 5.56 Å². The number of aromatic nitrogens is 2. The van der Waals surface area contributed by atoms with Crippen molar-refractivity contribution in [3.05, 3.63) is 35.7 Å². The van der Waals surface area contributed by atoms with Gasteiger partial charge in [-0.1, -0.05) is 25.3 Å². The SMILES string of the molecule is O=C(O)c1cccc(-c2nnc(CC3CCCCC3)o2)c1. The number of carbonyl (C=O) groups is 1. The fraction of sp³-hybridized carbons (Fsp3) is 0.438. The highest BCUT2D eigenvalue weighted by Crippen LogP contribution is 2.27. The van der Waals surface area contributed by atoms with Crippen LogP contribution < -0.4 is 0 Å². The van der Waals surface area contributed by atoms with Crippen LogP contribution in [0.2, 0.25) is 0 Å². The topological polar surface area (TPSA) is 76.2 Å². The molecule has 0 saturated heterocycles. The van der Waals surface area contributed by atoms with Crippen molar-refractivity contribution in [1.29, 1.82) is 0 Å². The Bertz CT molecular complexity index is 630. The number of nitrogens with zero attached hydrogens (tertiary/aromatic N) is 2. The molecule has 5 nitrogen and oxygen atoms in total. The van der Waals surface area contributed by atoms with E-state index >= 15 is 0 Å². The van der Waals surface area contributed by atoms with Gasteiger partial charge in [-0.2, -0.15) is 0 Å². The standard InChI is InChI=1S/C16H18N2O3/c19-16(20)13-8-4-7-12(10-13)15-18-17-14(21-15)9-11-5-2-1-3-6-11/h4,7-8,10-11H,1-3,5-6,9H2,(H,19,20). The van der Waals surface area contributed by atoms with Crippen LogP contribution in [-0.4, -0.2) is 21.3 Å². The van der Waals surface area contributed by atoms with Crippen LogP contribution >= 0.6 is 0 Å². The molecule has 0 bridgehead atoms. The molecule has 0 unspecified atom stereocenters. The summed E-state index contributed by atoms with van der Waals surface area (Å²) in [4.78, 5) is 11.0. The van der Waals surface area contributed by atoms with Crippen molar-refractivity contribution in [2.75, 3.05) is 0 Å². The molecule has 21 heavy (non-hydrogen) atoms. The van der Waals surface area contributed by atoms with Crippen molar-refractivity contribution in [3.8, 4) is 11.5 Å². The Morgan fingerprint density at radius 2 is 2.05 bits per heavy atom. The van der Waals surface area contributed by atoms with Crippen LogP contribution in [-0.2, 0) is 6.42 Å². The number of hydrogen-bond acceptors (Lipinski definition) is 4. The van der Waals surface area contributed by atoms with Crippen molar-refractivity contribution in [3.63, 3.8) is 0 Å². The lowest BCUT2D eigenvalue weighted by Crippen LogP contribution is -2.09. The number of rotatable bonds is 4. The Labute approximate surface area is 123 Å². The van der Waals surface area contributed by atoms with Crippen LogP contribution in [0.25, 0.3) is 11.5 Å². The lowest BCUT2D eigenvalue weighted by Gasteiger charge is -2.19. The summed E-state index contributed by atoms with van der Waals surface area (Å²) in [7, 11) is 0. The van der Waals surface area contributed by atoms with E-state index in [4.69, 9.17) is 9.52 Å². The number of benzene rings is 1. The largest absolute Gasteiger partial charge is 0.478 e. The quantitative estimate of drug-likeness (QED) is 0.930. The second kappa shape index (κ2) is 6.08. The third-order valence-electron chi connectivity index (χ3n) is 4.01. The molecule has 1 N–H and O–H groups in total. The summed E-state index contributed by atoms with van der Waals surface area (Å²) in [6.07, 6.45) is 7.18. The van der Waals surface area contributed by atoms with Crippen molar-refractivity contribution < 1.29 is 14.3 Å². The maximum atomic E-state index is 11.0. The predicted molar refractivity (Wildman–Crippen MR) is 77.0 cm³/mol. The van der Waals surface area contributed by atoms with Crippen LogP contribution in [0.4, 0.5) is 0 Å². The Kier molecular flexibility index (Phi) is 3.99. The summed E-state index contributed by atoms with van der Waals surface area (Å²) in [5.41, 5.74) is 0.872. The van der Waals surface area contributed by atoms with Gasteiger partial charge in [0.1, 0.15) is 0 Å². The molecule has 0 amide bonds. The van der Waals surface area contributed by atoms with E-state index in [9.17, 15) is 4.79 Å². The zero-order valence-corrected chi connectivity index (χ0v) is 11.8. The highest BCUT2D eigenvalue weighted by molar-refractivity contribution is 5.88. The lowest BCUT2D eigenvalue weighted by atomic mass is 9.87. The Morgan fingerprint density at radius 3 is 2.81 bits per heavy atom. The molecule has 1 saturated carbocycles. The second-order valence-corrected chi connectivity index (χ2v) is 5.60. The molecule has 1 aliphatic carbocycles. The molecule has 1 aliphatic rings. The van der Waals surface area contributed by atoms with Gasteiger partial charge >= 0.3 is 5.97 Å². The third kappa shape index (κ3) is 3.29. The average Bonchev–Trinajstić information content (AvgIpc) is 2.97. The van der Waals surface area contributed by atoms with Crippen molar-refractivity contribution in [2.24, 2.45) is 5.92 Å². The smallest absolute Gasteiger partial charge is 0.335 e. The van der Waals surface area contributed by atoms with Gasteiger partial charge in [-0.05, 0) is 37.0 Å². The predicted octanol–water partition coefficient (Wildman–Crippen LogP) is 3.56.